The summed E-state index contributed by atoms with van der Waals surface area (Å²) in [6.45, 7) is 1.42. The van der Waals surface area contributed by atoms with Crippen LogP contribution in [0.15, 0.2) is 66.0 Å². The van der Waals surface area contributed by atoms with Gasteiger partial charge in [0.1, 0.15) is 5.82 Å². The van der Waals surface area contributed by atoms with Gasteiger partial charge in [-0.15, -0.1) is 0 Å². The molecular weight excluding hydrogens is 330 g/mol. The number of fused-ring (bicyclic) bond motifs is 1. The number of pyridine rings is 1. The molecule has 0 bridgehead atoms. The molecule has 1 aromatic carbocycles. The summed E-state index contributed by atoms with van der Waals surface area (Å²) in [6, 6.07) is 13.2. The molecule has 0 unspecified atom stereocenters. The molecule has 0 saturated heterocycles. The van der Waals surface area contributed by atoms with Gasteiger partial charge in [0.05, 0.1) is 11.7 Å². The summed E-state index contributed by atoms with van der Waals surface area (Å²) in [5.74, 6) is 0.270. The van der Waals surface area contributed by atoms with Crippen LogP contribution in [-0.4, -0.2) is 25.4 Å². The number of hydrogen-bond donors (Lipinski definition) is 2. The maximum Gasteiger partial charge on any atom is 0.260 e. The summed E-state index contributed by atoms with van der Waals surface area (Å²) >= 11 is 0. The molecule has 4 aromatic rings. The fraction of sp³-hybridized carbons (Fsp3) is 0.0526. The number of amides is 1. The van der Waals surface area contributed by atoms with Crippen LogP contribution < -0.4 is 10.9 Å². The van der Waals surface area contributed by atoms with E-state index in [0.29, 0.717) is 16.9 Å². The lowest BCUT2D eigenvalue weighted by molar-refractivity contribution is -0.114. The van der Waals surface area contributed by atoms with E-state index in [1.54, 1.807) is 12.3 Å². The Morgan fingerprint density at radius 3 is 2.62 bits per heavy atom. The van der Waals surface area contributed by atoms with Crippen LogP contribution in [0.25, 0.3) is 27.8 Å². The Morgan fingerprint density at radius 2 is 1.92 bits per heavy atom. The van der Waals surface area contributed by atoms with E-state index in [-0.39, 0.29) is 11.5 Å². The first kappa shape index (κ1) is 15.8. The third-order valence-corrected chi connectivity index (χ3v) is 4.00. The van der Waals surface area contributed by atoms with E-state index in [4.69, 9.17) is 0 Å². The average Bonchev–Trinajstić information content (AvgIpc) is 3.04. The lowest BCUT2D eigenvalue weighted by Crippen LogP contribution is -2.07. The van der Waals surface area contributed by atoms with Crippen LogP contribution in [-0.2, 0) is 4.79 Å². The van der Waals surface area contributed by atoms with Crippen molar-refractivity contribution in [2.24, 2.45) is 0 Å². The van der Waals surface area contributed by atoms with Gasteiger partial charge in [0.15, 0.2) is 5.65 Å². The van der Waals surface area contributed by atoms with Crippen molar-refractivity contribution < 1.29 is 4.79 Å². The minimum Gasteiger partial charge on any atom is -0.312 e. The van der Waals surface area contributed by atoms with E-state index in [2.05, 4.69) is 20.3 Å². The average molecular weight is 345 g/mol. The predicted molar refractivity (Wildman–Crippen MR) is 99.2 cm³/mol. The second-order valence-corrected chi connectivity index (χ2v) is 5.79. The number of para-hydroxylation sites is 1. The number of nitrogens with one attached hydrogen (secondary N) is 2. The summed E-state index contributed by atoms with van der Waals surface area (Å²) in [5, 5.41) is 3.12. The standard InChI is InChI=1S/C19H15N5O2/c1-12(25)23-16-8-7-13(9-20-16)15-10-24(14-5-3-2-4-6-14)18-17(15)19(26)22-11-21-18/h2-11H,1H3,(H,20,23,25)(H,21,22,26). The normalized spacial score (nSPS) is 10.8. The van der Waals surface area contributed by atoms with Crippen molar-refractivity contribution >= 4 is 22.8 Å². The molecule has 0 fully saturated rings. The van der Waals surface area contributed by atoms with E-state index in [1.165, 1.54) is 13.3 Å². The molecule has 0 aliphatic rings. The van der Waals surface area contributed by atoms with Gasteiger partial charge in [-0.1, -0.05) is 18.2 Å². The number of hydrogen-bond acceptors (Lipinski definition) is 4. The van der Waals surface area contributed by atoms with Crippen LogP contribution in [0.4, 0.5) is 5.82 Å². The van der Waals surface area contributed by atoms with E-state index >= 15 is 0 Å². The molecule has 26 heavy (non-hydrogen) atoms. The monoisotopic (exact) mass is 345 g/mol. The number of H-pyrrole nitrogens is 1. The predicted octanol–water partition coefficient (Wildman–Crippen LogP) is 2.73. The molecule has 1 amide bonds. The van der Waals surface area contributed by atoms with Gasteiger partial charge in [0.25, 0.3) is 5.56 Å². The maximum absolute atomic E-state index is 12.4. The van der Waals surface area contributed by atoms with E-state index in [0.717, 1.165) is 16.8 Å². The highest BCUT2D eigenvalue weighted by molar-refractivity contribution is 5.94. The SMILES string of the molecule is CC(=O)Nc1ccc(-c2cn(-c3ccccc3)c3nc[nH]c(=O)c23)cn1. The van der Waals surface area contributed by atoms with Crippen molar-refractivity contribution in [3.05, 3.63) is 71.5 Å². The van der Waals surface area contributed by atoms with Crippen molar-refractivity contribution in [3.63, 3.8) is 0 Å². The van der Waals surface area contributed by atoms with Crippen LogP contribution in [0.1, 0.15) is 6.92 Å². The minimum atomic E-state index is -0.217. The second kappa shape index (κ2) is 6.29. The molecule has 128 valence electrons. The molecule has 7 nitrogen and oxygen atoms in total. The molecular formula is C19H15N5O2. The number of benzene rings is 1. The number of nitrogens with zero attached hydrogens (tertiary/aromatic N) is 3. The van der Waals surface area contributed by atoms with Gasteiger partial charge in [0, 0.05) is 36.1 Å². The Kier molecular flexibility index (Phi) is 3.81. The fourth-order valence-corrected chi connectivity index (χ4v) is 2.88. The number of carbonyl (C=O) groups excluding carboxylic acids is 1. The van der Waals surface area contributed by atoms with Crippen molar-refractivity contribution in [3.8, 4) is 16.8 Å². The van der Waals surface area contributed by atoms with Gasteiger partial charge in [-0.05, 0) is 24.3 Å². The van der Waals surface area contributed by atoms with Crippen molar-refractivity contribution in [1.29, 1.82) is 0 Å². The number of rotatable bonds is 3. The van der Waals surface area contributed by atoms with Crippen LogP contribution in [0, 0.1) is 0 Å². The van der Waals surface area contributed by atoms with Gasteiger partial charge < -0.3 is 14.9 Å². The summed E-state index contributed by atoms with van der Waals surface area (Å²) in [4.78, 5) is 34.8. The molecule has 7 heteroatoms. The summed E-state index contributed by atoms with van der Waals surface area (Å²) in [7, 11) is 0. The summed E-state index contributed by atoms with van der Waals surface area (Å²) < 4.78 is 1.88. The Bertz CT molecular complexity index is 1140. The highest BCUT2D eigenvalue weighted by Crippen LogP contribution is 2.29. The molecule has 0 aliphatic carbocycles. The maximum atomic E-state index is 12.4. The topological polar surface area (TPSA) is 92.7 Å². The van der Waals surface area contributed by atoms with Crippen molar-refractivity contribution in [1.82, 2.24) is 19.5 Å². The minimum absolute atomic E-state index is 0.188. The van der Waals surface area contributed by atoms with Crippen LogP contribution in [0.3, 0.4) is 0 Å². The van der Waals surface area contributed by atoms with Crippen LogP contribution in [0.5, 0.6) is 0 Å². The molecule has 3 heterocycles. The summed E-state index contributed by atoms with van der Waals surface area (Å²) in [6.07, 6.45) is 4.89. The van der Waals surface area contributed by atoms with Gasteiger partial charge in [-0.3, -0.25) is 9.59 Å². The lowest BCUT2D eigenvalue weighted by Gasteiger charge is -2.03. The lowest BCUT2D eigenvalue weighted by atomic mass is 10.1. The third kappa shape index (κ3) is 2.75. The molecule has 3 aromatic heterocycles. The Labute approximate surface area is 148 Å². The molecule has 2 N–H and O–H groups in total. The summed E-state index contributed by atoms with van der Waals surface area (Å²) in [5.41, 5.74) is 2.74. The molecule has 0 saturated carbocycles. The zero-order chi connectivity index (χ0) is 18.1. The Balaban J connectivity index is 1.90. The number of anilines is 1. The Morgan fingerprint density at radius 1 is 1.12 bits per heavy atom. The first-order valence-corrected chi connectivity index (χ1v) is 8.01. The van der Waals surface area contributed by atoms with Crippen molar-refractivity contribution in [2.75, 3.05) is 5.32 Å². The van der Waals surface area contributed by atoms with E-state index in [9.17, 15) is 9.59 Å². The zero-order valence-corrected chi connectivity index (χ0v) is 13.9. The number of aromatic amines is 1. The molecule has 0 atom stereocenters. The molecule has 4 rings (SSSR count). The smallest absolute Gasteiger partial charge is 0.260 e. The number of carbonyl (C=O) groups is 1. The molecule has 0 spiro atoms. The highest BCUT2D eigenvalue weighted by atomic mass is 16.1. The molecule has 0 radical (unpaired) electrons. The first-order chi connectivity index (χ1) is 12.6. The van der Waals surface area contributed by atoms with Crippen LogP contribution >= 0.6 is 0 Å². The Hall–Kier alpha value is -3.74. The largest absolute Gasteiger partial charge is 0.312 e. The van der Waals surface area contributed by atoms with Gasteiger partial charge >= 0.3 is 0 Å². The third-order valence-electron chi connectivity index (χ3n) is 4.00. The first-order valence-electron chi connectivity index (χ1n) is 8.01. The fourth-order valence-electron chi connectivity index (χ4n) is 2.88. The van der Waals surface area contributed by atoms with E-state index in [1.807, 2.05) is 47.2 Å². The highest BCUT2D eigenvalue weighted by Gasteiger charge is 2.16. The van der Waals surface area contributed by atoms with Gasteiger partial charge in [0.2, 0.25) is 5.91 Å². The van der Waals surface area contributed by atoms with Gasteiger partial charge in [-0.25, -0.2) is 9.97 Å². The quantitative estimate of drug-likeness (QED) is 0.597. The van der Waals surface area contributed by atoms with Gasteiger partial charge in [-0.2, -0.15) is 0 Å². The zero-order valence-electron chi connectivity index (χ0n) is 13.9. The number of aromatic nitrogens is 4. The van der Waals surface area contributed by atoms with E-state index < -0.39 is 0 Å². The molecule has 0 aliphatic heterocycles. The van der Waals surface area contributed by atoms with Crippen LogP contribution in [0.2, 0.25) is 0 Å². The second-order valence-electron chi connectivity index (χ2n) is 5.79. The van der Waals surface area contributed by atoms with Crippen molar-refractivity contribution in [2.45, 2.75) is 6.92 Å².